The lowest BCUT2D eigenvalue weighted by Crippen LogP contribution is -2.07. The molecule has 0 amide bonds. The number of ether oxygens (including phenoxy) is 2. The maximum absolute atomic E-state index is 12.4. The first-order valence-electron chi connectivity index (χ1n) is 6.82. The third-order valence-electron chi connectivity index (χ3n) is 3.10. The Morgan fingerprint density at radius 2 is 1.40 bits per heavy atom. The lowest BCUT2D eigenvalue weighted by molar-refractivity contribution is 0.0599. The molecule has 0 aromatic heterocycles. The second kappa shape index (κ2) is 7.66. The molecule has 0 saturated carbocycles. The van der Waals surface area contributed by atoms with Crippen LogP contribution in [0.2, 0.25) is 0 Å². The van der Waals surface area contributed by atoms with E-state index in [9.17, 15) is 18.0 Å². The van der Waals surface area contributed by atoms with Crippen LogP contribution in [0, 0.1) is 0 Å². The number of nitrogens with zero attached hydrogens (tertiary/aromatic N) is 1. The van der Waals surface area contributed by atoms with Crippen molar-refractivity contribution in [2.75, 3.05) is 14.2 Å². The lowest BCUT2D eigenvalue weighted by atomic mass is 10.1. The van der Waals surface area contributed by atoms with Crippen molar-refractivity contribution in [3.8, 4) is 0 Å². The zero-order chi connectivity index (χ0) is 18.6. The fourth-order valence-electron chi connectivity index (χ4n) is 1.93. The Balaban J connectivity index is 2.45. The third-order valence-corrected chi connectivity index (χ3v) is 4.94. The van der Waals surface area contributed by atoms with Gasteiger partial charge in [-0.1, -0.05) is 28.1 Å². The molecule has 0 fully saturated rings. The number of halogens is 1. The highest BCUT2D eigenvalue weighted by molar-refractivity contribution is 9.10. The molecule has 0 heterocycles. The van der Waals surface area contributed by atoms with Gasteiger partial charge in [0.25, 0.3) is 0 Å². The first-order chi connectivity index (χ1) is 11.8. The highest BCUT2D eigenvalue weighted by atomic mass is 79.9. The van der Waals surface area contributed by atoms with Gasteiger partial charge in [-0.2, -0.15) is 0 Å². The van der Waals surface area contributed by atoms with E-state index in [1.165, 1.54) is 44.6 Å². The van der Waals surface area contributed by atoms with Gasteiger partial charge < -0.3 is 14.2 Å². The topological polar surface area (TPSA) is 101 Å². The summed E-state index contributed by atoms with van der Waals surface area (Å²) in [6, 6.07) is 9.56. The predicted molar refractivity (Wildman–Crippen MR) is 93.5 cm³/mol. The average Bonchev–Trinajstić information content (AvgIpc) is 2.59. The van der Waals surface area contributed by atoms with E-state index in [1.54, 1.807) is 12.1 Å². The van der Waals surface area contributed by atoms with E-state index in [0.29, 0.717) is 4.47 Å². The average molecular weight is 427 g/mol. The summed E-state index contributed by atoms with van der Waals surface area (Å²) in [5, 5.41) is 0. The molecule has 0 bridgehead atoms. The van der Waals surface area contributed by atoms with Crippen molar-refractivity contribution in [3.05, 3.63) is 62.8 Å². The largest absolute Gasteiger partial charge is 0.573 e. The molecule has 0 unspecified atom stereocenters. The van der Waals surface area contributed by atoms with Crippen molar-refractivity contribution >= 4 is 43.6 Å². The van der Waals surface area contributed by atoms with Crippen molar-refractivity contribution < 1.29 is 27.5 Å². The maximum atomic E-state index is 12.4. The van der Waals surface area contributed by atoms with Crippen LogP contribution in [-0.2, 0) is 19.5 Å². The molecule has 0 aliphatic rings. The Morgan fingerprint density at radius 3 is 1.84 bits per heavy atom. The second-order valence-electron chi connectivity index (χ2n) is 4.77. The van der Waals surface area contributed by atoms with Crippen molar-refractivity contribution in [2.24, 2.45) is 0 Å². The molecule has 2 aromatic rings. The Morgan fingerprint density at radius 1 is 0.920 bits per heavy atom. The Bertz CT molecular complexity index is 874. The van der Waals surface area contributed by atoms with Crippen LogP contribution in [0.25, 0.3) is 4.72 Å². The molecular formula is C16H13BrNO6S-. The molecule has 0 saturated heterocycles. The number of hydrogen-bond acceptors (Lipinski definition) is 6. The SMILES string of the molecule is COC(=O)c1cc([N-]S(=O)(=O)c2ccc(Br)cc2)cc(C(=O)OC)c1. The Kier molecular flexibility index (Phi) is 5.81. The zero-order valence-electron chi connectivity index (χ0n) is 13.2. The van der Waals surface area contributed by atoms with Crippen LogP contribution in [0.3, 0.4) is 0 Å². The number of esters is 2. The van der Waals surface area contributed by atoms with Gasteiger partial charge in [-0.3, -0.25) is 0 Å². The van der Waals surface area contributed by atoms with Gasteiger partial charge in [-0.25, -0.2) is 18.0 Å². The summed E-state index contributed by atoms with van der Waals surface area (Å²) in [5.41, 5.74) is -0.128. The highest BCUT2D eigenvalue weighted by Gasteiger charge is 2.13. The summed E-state index contributed by atoms with van der Waals surface area (Å²) >= 11 is 3.22. The molecule has 0 spiro atoms. The van der Waals surface area contributed by atoms with Crippen LogP contribution in [-0.4, -0.2) is 34.6 Å². The smallest absolute Gasteiger partial charge is 0.337 e. The monoisotopic (exact) mass is 426 g/mol. The van der Waals surface area contributed by atoms with Gasteiger partial charge in [-0.05, 0) is 30.3 Å². The predicted octanol–water partition coefficient (Wildman–Crippen LogP) is 3.42. The Hall–Kier alpha value is -2.39. The first kappa shape index (κ1) is 18.9. The molecule has 0 aliphatic heterocycles. The summed E-state index contributed by atoms with van der Waals surface area (Å²) in [6.45, 7) is 0. The zero-order valence-corrected chi connectivity index (χ0v) is 15.6. The molecule has 0 radical (unpaired) electrons. The van der Waals surface area contributed by atoms with Crippen LogP contribution >= 0.6 is 15.9 Å². The van der Waals surface area contributed by atoms with Crippen LogP contribution in [0.15, 0.2) is 51.8 Å². The molecule has 132 valence electrons. The number of benzene rings is 2. The first-order valence-corrected chi connectivity index (χ1v) is 9.05. The minimum Gasteiger partial charge on any atom is -0.573 e. The number of carbonyl (C=O) groups is 2. The van der Waals surface area contributed by atoms with Crippen LogP contribution in [0.5, 0.6) is 0 Å². The second-order valence-corrected chi connectivity index (χ2v) is 7.29. The molecule has 0 atom stereocenters. The number of carbonyl (C=O) groups excluding carboxylic acids is 2. The normalized spacial score (nSPS) is 10.8. The van der Waals surface area contributed by atoms with E-state index in [2.05, 4.69) is 30.1 Å². The number of sulfonamides is 1. The van der Waals surface area contributed by atoms with Gasteiger partial charge in [0, 0.05) is 4.47 Å². The van der Waals surface area contributed by atoms with Crippen molar-refractivity contribution in [3.63, 3.8) is 0 Å². The molecular weight excluding hydrogens is 414 g/mol. The van der Waals surface area contributed by atoms with Gasteiger partial charge in [-0.15, -0.1) is 5.69 Å². The van der Waals surface area contributed by atoms with Crippen LogP contribution < -0.4 is 0 Å². The quantitative estimate of drug-likeness (QED) is 0.678. The van der Waals surface area contributed by atoms with E-state index in [1.807, 2.05) is 0 Å². The molecule has 2 rings (SSSR count). The van der Waals surface area contributed by atoms with Gasteiger partial charge in [0.1, 0.15) is 10.0 Å². The van der Waals surface area contributed by atoms with Crippen molar-refractivity contribution in [2.45, 2.75) is 4.90 Å². The molecule has 0 aliphatic carbocycles. The van der Waals surface area contributed by atoms with Gasteiger partial charge in [0.2, 0.25) is 0 Å². The summed E-state index contributed by atoms with van der Waals surface area (Å²) < 4.78 is 38.4. The fourth-order valence-corrected chi connectivity index (χ4v) is 3.17. The van der Waals surface area contributed by atoms with Gasteiger partial charge in [0.05, 0.1) is 30.2 Å². The summed E-state index contributed by atoms with van der Waals surface area (Å²) in [7, 11) is -1.69. The van der Waals surface area contributed by atoms with Gasteiger partial charge >= 0.3 is 11.9 Å². The van der Waals surface area contributed by atoms with Crippen LogP contribution in [0.1, 0.15) is 20.7 Å². The van der Waals surface area contributed by atoms with Crippen molar-refractivity contribution in [1.82, 2.24) is 0 Å². The van der Waals surface area contributed by atoms with E-state index >= 15 is 0 Å². The van der Waals surface area contributed by atoms with Crippen molar-refractivity contribution in [1.29, 1.82) is 0 Å². The minimum atomic E-state index is -4.03. The molecule has 25 heavy (non-hydrogen) atoms. The minimum absolute atomic E-state index is 0.0184. The highest BCUT2D eigenvalue weighted by Crippen LogP contribution is 2.30. The third kappa shape index (κ3) is 4.58. The van der Waals surface area contributed by atoms with E-state index in [-0.39, 0.29) is 21.7 Å². The molecule has 2 aromatic carbocycles. The van der Waals surface area contributed by atoms with E-state index in [0.717, 1.165) is 0 Å². The Labute approximate surface area is 153 Å². The molecule has 7 nitrogen and oxygen atoms in total. The number of rotatable bonds is 5. The van der Waals surface area contributed by atoms with E-state index < -0.39 is 22.0 Å². The fraction of sp³-hybridized carbons (Fsp3) is 0.125. The lowest BCUT2D eigenvalue weighted by Gasteiger charge is -2.23. The summed E-state index contributed by atoms with van der Waals surface area (Å²) in [4.78, 5) is 23.4. The van der Waals surface area contributed by atoms with Gasteiger partial charge in [0.15, 0.2) is 0 Å². The standard InChI is InChI=1S/C16H13BrNO6S/c1-23-15(19)10-7-11(16(20)24-2)9-13(8-10)18-25(21,22)14-5-3-12(17)4-6-14/h3-9H,1-2H3/q-1. The summed E-state index contributed by atoms with van der Waals surface area (Å²) in [5.74, 6) is -1.47. The van der Waals surface area contributed by atoms with Crippen LogP contribution in [0.4, 0.5) is 5.69 Å². The molecule has 9 heteroatoms. The van der Waals surface area contributed by atoms with E-state index in [4.69, 9.17) is 0 Å². The molecule has 0 N–H and O–H groups in total. The number of methoxy groups -OCH3 is 2. The summed E-state index contributed by atoms with van der Waals surface area (Å²) in [6.07, 6.45) is 0. The maximum Gasteiger partial charge on any atom is 0.337 e. The number of hydrogen-bond donors (Lipinski definition) is 0.